The third kappa shape index (κ3) is 2.28. The van der Waals surface area contributed by atoms with E-state index in [0.29, 0.717) is 16.6 Å². The lowest BCUT2D eigenvalue weighted by atomic mass is 10.0. The molecule has 1 fully saturated rings. The highest BCUT2D eigenvalue weighted by molar-refractivity contribution is 9.10. The van der Waals surface area contributed by atoms with Gasteiger partial charge in [0.25, 0.3) is 5.56 Å². The normalized spacial score (nSPS) is 26.6. The molecular formula is C10H15BrN2O4S. The van der Waals surface area contributed by atoms with E-state index >= 15 is 0 Å². The monoisotopic (exact) mass is 338 g/mol. The maximum absolute atomic E-state index is 12.1. The van der Waals surface area contributed by atoms with Crippen LogP contribution < -0.4 is 5.56 Å². The second kappa shape index (κ2) is 4.50. The zero-order valence-electron chi connectivity index (χ0n) is 10.2. The first kappa shape index (κ1) is 13.8. The maximum atomic E-state index is 12.1. The molecule has 1 aliphatic rings. The minimum atomic E-state index is -3.06. The van der Waals surface area contributed by atoms with Crippen molar-refractivity contribution in [2.24, 2.45) is 0 Å². The molecule has 102 valence electrons. The van der Waals surface area contributed by atoms with Gasteiger partial charge < -0.3 is 4.74 Å². The van der Waals surface area contributed by atoms with E-state index in [4.69, 9.17) is 4.74 Å². The molecule has 8 heteroatoms. The molecule has 0 spiro atoms. The summed E-state index contributed by atoms with van der Waals surface area (Å²) < 4.78 is 29.9. The molecule has 6 nitrogen and oxygen atoms in total. The zero-order valence-corrected chi connectivity index (χ0v) is 12.6. The van der Waals surface area contributed by atoms with E-state index in [1.54, 1.807) is 6.92 Å². The van der Waals surface area contributed by atoms with Crippen molar-refractivity contribution >= 4 is 25.8 Å². The standard InChI is InChI=1S/C10H15BrN2O4S/c1-10(3-4-18(15,16)6-10)13-9(14)8(11)7(12-13)5-17-2/h12H,3-6H2,1-2H3. The Morgan fingerprint density at radius 3 is 2.72 bits per heavy atom. The Balaban J connectivity index is 2.47. The van der Waals surface area contributed by atoms with Crippen LogP contribution in [0, 0.1) is 0 Å². The summed E-state index contributed by atoms with van der Waals surface area (Å²) in [7, 11) is -1.53. The number of hydrogen-bond donors (Lipinski definition) is 1. The molecule has 0 radical (unpaired) electrons. The average molecular weight is 339 g/mol. The molecule has 0 aromatic carbocycles. The van der Waals surface area contributed by atoms with Crippen molar-refractivity contribution in [1.29, 1.82) is 0 Å². The van der Waals surface area contributed by atoms with Crippen LogP contribution in [-0.2, 0) is 26.7 Å². The number of halogens is 1. The van der Waals surface area contributed by atoms with Gasteiger partial charge in [-0.15, -0.1) is 0 Å². The third-order valence-electron chi connectivity index (χ3n) is 3.21. The van der Waals surface area contributed by atoms with Crippen LogP contribution in [0.5, 0.6) is 0 Å². The van der Waals surface area contributed by atoms with Gasteiger partial charge >= 0.3 is 0 Å². The van der Waals surface area contributed by atoms with E-state index in [1.807, 2.05) is 0 Å². The molecule has 0 bridgehead atoms. The van der Waals surface area contributed by atoms with Crippen molar-refractivity contribution in [3.05, 3.63) is 20.5 Å². The van der Waals surface area contributed by atoms with Crippen LogP contribution in [0.15, 0.2) is 9.27 Å². The van der Waals surface area contributed by atoms with E-state index in [2.05, 4.69) is 21.0 Å². The summed E-state index contributed by atoms with van der Waals surface area (Å²) in [6, 6.07) is 0. The van der Waals surface area contributed by atoms with Crippen molar-refractivity contribution in [3.8, 4) is 0 Å². The van der Waals surface area contributed by atoms with Crippen LogP contribution in [0.2, 0.25) is 0 Å². The average Bonchev–Trinajstić information content (AvgIpc) is 2.71. The topological polar surface area (TPSA) is 81.2 Å². The summed E-state index contributed by atoms with van der Waals surface area (Å²) in [6.45, 7) is 2.05. The first-order valence-corrected chi connectivity index (χ1v) is 8.10. The number of aromatic amines is 1. The molecule has 0 amide bonds. The number of ether oxygens (including phenoxy) is 1. The molecule has 1 unspecified atom stereocenters. The Morgan fingerprint density at radius 2 is 2.22 bits per heavy atom. The molecule has 1 saturated heterocycles. The van der Waals surface area contributed by atoms with Crippen molar-refractivity contribution in [2.75, 3.05) is 18.6 Å². The minimum absolute atomic E-state index is 0.0146. The van der Waals surface area contributed by atoms with Crippen LogP contribution in [0.25, 0.3) is 0 Å². The number of H-pyrrole nitrogens is 1. The van der Waals surface area contributed by atoms with Gasteiger partial charge in [-0.05, 0) is 29.3 Å². The highest BCUT2D eigenvalue weighted by Crippen LogP contribution is 2.29. The lowest BCUT2D eigenvalue weighted by Gasteiger charge is -2.22. The van der Waals surface area contributed by atoms with Gasteiger partial charge in [-0.3, -0.25) is 9.89 Å². The van der Waals surface area contributed by atoms with Crippen LogP contribution in [0.4, 0.5) is 0 Å². The van der Waals surface area contributed by atoms with Gasteiger partial charge in [0.15, 0.2) is 9.84 Å². The molecule has 1 atom stereocenters. The Hall–Kier alpha value is -0.600. The van der Waals surface area contributed by atoms with Gasteiger partial charge in [0.05, 0.1) is 29.3 Å². The Bertz CT molecular complexity index is 618. The van der Waals surface area contributed by atoms with Crippen LogP contribution in [0.1, 0.15) is 19.0 Å². The summed E-state index contributed by atoms with van der Waals surface area (Å²) in [5.74, 6) is 0.103. The molecule has 1 aliphatic heterocycles. The number of methoxy groups -OCH3 is 1. The molecule has 1 aromatic rings. The summed E-state index contributed by atoms with van der Waals surface area (Å²) in [6.07, 6.45) is 0.439. The number of rotatable bonds is 3. The summed E-state index contributed by atoms with van der Waals surface area (Å²) >= 11 is 3.21. The number of nitrogens with zero attached hydrogens (tertiary/aromatic N) is 1. The van der Waals surface area contributed by atoms with Crippen molar-refractivity contribution in [1.82, 2.24) is 9.78 Å². The highest BCUT2D eigenvalue weighted by atomic mass is 79.9. The second-order valence-corrected chi connectivity index (χ2v) is 7.79. The van der Waals surface area contributed by atoms with Crippen LogP contribution >= 0.6 is 15.9 Å². The Kier molecular flexibility index (Phi) is 3.46. The highest BCUT2D eigenvalue weighted by Gasteiger charge is 2.41. The Labute approximate surface area is 113 Å². The van der Waals surface area contributed by atoms with Gasteiger partial charge in [0, 0.05) is 7.11 Å². The zero-order chi connectivity index (χ0) is 13.6. The molecule has 0 aliphatic carbocycles. The SMILES string of the molecule is COCc1[nH]n(C2(C)CCS(=O)(=O)C2)c(=O)c1Br. The van der Waals surface area contributed by atoms with Gasteiger partial charge in [0.1, 0.15) is 4.47 Å². The van der Waals surface area contributed by atoms with Crippen molar-refractivity contribution < 1.29 is 13.2 Å². The maximum Gasteiger partial charge on any atom is 0.281 e. The van der Waals surface area contributed by atoms with Crippen LogP contribution in [-0.4, -0.2) is 36.8 Å². The fourth-order valence-corrected chi connectivity index (χ4v) is 4.75. The van der Waals surface area contributed by atoms with Gasteiger partial charge in [-0.25, -0.2) is 13.1 Å². The fourth-order valence-electron chi connectivity index (χ4n) is 2.25. The smallest absolute Gasteiger partial charge is 0.281 e. The van der Waals surface area contributed by atoms with Gasteiger partial charge in [0.2, 0.25) is 0 Å². The summed E-state index contributed by atoms with van der Waals surface area (Å²) in [5.41, 5.74) is -0.334. The van der Waals surface area contributed by atoms with E-state index in [-0.39, 0.29) is 23.7 Å². The van der Waals surface area contributed by atoms with Crippen molar-refractivity contribution in [3.63, 3.8) is 0 Å². The summed E-state index contributed by atoms with van der Waals surface area (Å²) in [5, 5.41) is 2.94. The molecule has 1 N–H and O–H groups in total. The molecule has 0 saturated carbocycles. The molecular weight excluding hydrogens is 324 g/mol. The lowest BCUT2D eigenvalue weighted by molar-refractivity contribution is 0.178. The van der Waals surface area contributed by atoms with E-state index in [9.17, 15) is 13.2 Å². The number of sulfone groups is 1. The fraction of sp³-hybridized carbons (Fsp3) is 0.700. The number of nitrogens with one attached hydrogen (secondary N) is 1. The quantitative estimate of drug-likeness (QED) is 0.875. The summed E-state index contributed by atoms with van der Waals surface area (Å²) in [4.78, 5) is 12.1. The number of hydrogen-bond acceptors (Lipinski definition) is 4. The molecule has 1 aromatic heterocycles. The van der Waals surface area contributed by atoms with Crippen molar-refractivity contribution in [2.45, 2.75) is 25.5 Å². The lowest BCUT2D eigenvalue weighted by Crippen LogP contribution is -2.39. The van der Waals surface area contributed by atoms with Crippen LogP contribution in [0.3, 0.4) is 0 Å². The minimum Gasteiger partial charge on any atom is -0.378 e. The first-order chi connectivity index (χ1) is 8.29. The third-order valence-corrected chi connectivity index (χ3v) is 5.92. The van der Waals surface area contributed by atoms with Gasteiger partial charge in [-0.2, -0.15) is 0 Å². The first-order valence-electron chi connectivity index (χ1n) is 5.48. The van der Waals surface area contributed by atoms with E-state index < -0.39 is 15.4 Å². The largest absolute Gasteiger partial charge is 0.378 e. The molecule has 2 rings (SSSR count). The Morgan fingerprint density at radius 1 is 1.56 bits per heavy atom. The predicted molar refractivity (Wildman–Crippen MR) is 70.4 cm³/mol. The molecule has 2 heterocycles. The van der Waals surface area contributed by atoms with Gasteiger partial charge in [-0.1, -0.05) is 0 Å². The predicted octanol–water partition coefficient (Wildman–Crippen LogP) is 0.619. The number of aromatic nitrogens is 2. The second-order valence-electron chi connectivity index (χ2n) is 4.82. The van der Waals surface area contributed by atoms with E-state index in [1.165, 1.54) is 11.8 Å². The molecule has 18 heavy (non-hydrogen) atoms. The van der Waals surface area contributed by atoms with E-state index in [0.717, 1.165) is 0 Å².